The molecule has 188 valence electrons. The van der Waals surface area contributed by atoms with Crippen molar-refractivity contribution in [3.8, 4) is 0 Å². The predicted molar refractivity (Wildman–Crippen MR) is 113 cm³/mol. The third kappa shape index (κ3) is 4.57. The molecule has 1 amide bonds. The van der Waals surface area contributed by atoms with Crippen molar-refractivity contribution in [3.63, 3.8) is 0 Å². The van der Waals surface area contributed by atoms with Crippen LogP contribution in [0.4, 0.5) is 30.7 Å². The fourth-order valence-corrected chi connectivity index (χ4v) is 4.38. The number of hydrogen-bond donors (Lipinski definition) is 0. The molecule has 1 aromatic heterocycles. The number of pyridine rings is 1. The summed E-state index contributed by atoms with van der Waals surface area (Å²) in [4.78, 5) is 22.0. The lowest BCUT2D eigenvalue weighted by molar-refractivity contribution is -0.276. The summed E-state index contributed by atoms with van der Waals surface area (Å²) in [5.74, 6) is 0.00712. The first-order valence-corrected chi connectivity index (χ1v) is 11.6. The summed E-state index contributed by atoms with van der Waals surface area (Å²) < 4.78 is 96.5. The Hall–Kier alpha value is -2.83. The van der Waals surface area contributed by atoms with Gasteiger partial charge in [0.1, 0.15) is 0 Å². The molecule has 0 bridgehead atoms. The van der Waals surface area contributed by atoms with Crippen LogP contribution < -0.4 is 0 Å². The van der Waals surface area contributed by atoms with Gasteiger partial charge in [0, 0.05) is 17.3 Å². The van der Waals surface area contributed by atoms with E-state index in [4.69, 9.17) is 4.84 Å². The first-order valence-electron chi connectivity index (χ1n) is 10.2. The van der Waals surface area contributed by atoms with Gasteiger partial charge in [-0.2, -0.15) is 38.1 Å². The Morgan fingerprint density at radius 3 is 2.43 bits per heavy atom. The topological polar surface area (TPSA) is 54.8 Å². The molecule has 0 N–H and O–H groups in total. The van der Waals surface area contributed by atoms with Gasteiger partial charge < -0.3 is 9.74 Å². The lowest BCUT2D eigenvalue weighted by atomic mass is 9.85. The molecule has 1 saturated heterocycles. The smallest absolute Gasteiger partial charge is 0.374 e. The molecular formula is C22H18F7N3O2S. The van der Waals surface area contributed by atoms with Gasteiger partial charge in [-0.05, 0) is 30.5 Å². The summed E-state index contributed by atoms with van der Waals surface area (Å²) in [5.41, 5.74) is -7.07. The number of halogens is 7. The van der Waals surface area contributed by atoms with Crippen molar-refractivity contribution in [2.24, 2.45) is 5.16 Å². The number of alkyl halides is 7. The lowest BCUT2D eigenvalue weighted by Crippen LogP contribution is -2.59. The van der Waals surface area contributed by atoms with Gasteiger partial charge in [-0.25, -0.2) is 4.39 Å². The molecule has 0 radical (unpaired) electrons. The Balaban J connectivity index is 1.54. The summed E-state index contributed by atoms with van der Waals surface area (Å²) in [5, 5.41) is 3.50. The van der Waals surface area contributed by atoms with E-state index in [1.807, 2.05) is 0 Å². The largest absolute Gasteiger partial charge is 0.435 e. The van der Waals surface area contributed by atoms with Crippen LogP contribution in [0, 0.1) is 0 Å². The minimum atomic E-state index is -5.09. The number of nitrogens with zero attached hydrogens (tertiary/aromatic N) is 3. The quantitative estimate of drug-likeness (QED) is 0.517. The third-order valence-corrected chi connectivity index (χ3v) is 6.44. The molecule has 2 aliphatic rings. The number of carbonyl (C=O) groups excluding carboxylic acids is 1. The Morgan fingerprint density at radius 1 is 1.14 bits per heavy atom. The van der Waals surface area contributed by atoms with Crippen molar-refractivity contribution in [2.75, 3.05) is 25.1 Å². The van der Waals surface area contributed by atoms with Gasteiger partial charge in [0.2, 0.25) is 5.91 Å². The molecule has 1 atom stereocenters. The second-order valence-corrected chi connectivity index (χ2v) is 9.16. The summed E-state index contributed by atoms with van der Waals surface area (Å²) in [6.45, 7) is -0.370. The van der Waals surface area contributed by atoms with E-state index in [9.17, 15) is 31.1 Å². The molecule has 0 spiro atoms. The van der Waals surface area contributed by atoms with Crippen LogP contribution in [0.15, 0.2) is 47.8 Å². The number of hydrogen-bond acceptors (Lipinski definition) is 5. The molecular weight excluding hydrogens is 503 g/mol. The lowest BCUT2D eigenvalue weighted by Gasteiger charge is -2.43. The average molecular weight is 521 g/mol. The highest BCUT2D eigenvalue weighted by atomic mass is 32.2. The molecule has 0 aliphatic carbocycles. The maximum atomic E-state index is 15.1. The Morgan fingerprint density at radius 2 is 1.86 bits per heavy atom. The molecule has 1 fully saturated rings. The van der Waals surface area contributed by atoms with Crippen LogP contribution in [0.5, 0.6) is 0 Å². The van der Waals surface area contributed by atoms with E-state index >= 15 is 4.39 Å². The number of oxime groups is 1. The average Bonchev–Trinajstić information content (AvgIpc) is 3.24. The molecule has 35 heavy (non-hydrogen) atoms. The van der Waals surface area contributed by atoms with Crippen molar-refractivity contribution in [3.05, 3.63) is 65.0 Å². The number of benzene rings is 1. The highest BCUT2D eigenvalue weighted by Crippen LogP contribution is 2.49. The van der Waals surface area contributed by atoms with E-state index in [1.165, 1.54) is 28.8 Å². The summed E-state index contributed by atoms with van der Waals surface area (Å²) in [6.07, 6.45) is -7.95. The molecule has 1 unspecified atom stereocenters. The fourth-order valence-electron chi connectivity index (χ4n) is 3.95. The highest BCUT2D eigenvalue weighted by molar-refractivity contribution is 7.99. The summed E-state index contributed by atoms with van der Waals surface area (Å²) >= 11 is 1.31. The minimum absolute atomic E-state index is 0.00827. The Labute approximate surface area is 199 Å². The highest BCUT2D eigenvalue weighted by Gasteiger charge is 2.62. The standard InChI is InChI=1S/C22H18F7N3O2S/c1-35-10-18(33)32-11-19(23,12-32)17-6-5-13(9-30-17)16-8-20(34-31-16,22(27,28)29)14-3-2-4-15(7-14)21(24,25)26/h2-7,9H,8,10-12H2,1H3. The van der Waals surface area contributed by atoms with Crippen LogP contribution in [0.2, 0.25) is 0 Å². The van der Waals surface area contributed by atoms with Gasteiger partial charge in [0.05, 0.1) is 42.2 Å². The fraction of sp³-hybridized carbons (Fsp3) is 0.409. The Bertz CT molecular complexity index is 1140. The van der Waals surface area contributed by atoms with Gasteiger partial charge in [-0.1, -0.05) is 17.3 Å². The SMILES string of the molecule is CSCC(=O)N1CC(F)(c2ccc(C3=NOC(c4cccc(C(F)(F)F)c4)(C(F)(F)F)C3)cn2)C1. The number of rotatable bonds is 5. The molecule has 0 saturated carbocycles. The number of amides is 1. The summed E-state index contributed by atoms with van der Waals surface area (Å²) in [7, 11) is 0. The number of thioether (sulfide) groups is 1. The second kappa shape index (κ2) is 8.68. The van der Waals surface area contributed by atoms with Crippen molar-refractivity contribution < 1.29 is 40.4 Å². The Kier molecular flexibility index (Phi) is 6.27. The van der Waals surface area contributed by atoms with Crippen molar-refractivity contribution in [1.29, 1.82) is 0 Å². The van der Waals surface area contributed by atoms with Crippen LogP contribution in [0.3, 0.4) is 0 Å². The molecule has 3 heterocycles. The number of aromatic nitrogens is 1. The van der Waals surface area contributed by atoms with Crippen LogP contribution in [0.1, 0.15) is 28.8 Å². The van der Waals surface area contributed by atoms with Gasteiger partial charge in [-0.3, -0.25) is 9.78 Å². The molecule has 2 aromatic rings. The van der Waals surface area contributed by atoms with E-state index < -0.39 is 41.2 Å². The monoisotopic (exact) mass is 521 g/mol. The van der Waals surface area contributed by atoms with Crippen LogP contribution in [-0.2, 0) is 27.1 Å². The molecule has 4 rings (SSSR count). The van der Waals surface area contributed by atoms with E-state index in [1.54, 1.807) is 6.26 Å². The van der Waals surface area contributed by atoms with Gasteiger partial charge in [0.25, 0.3) is 5.60 Å². The predicted octanol–water partition coefficient (Wildman–Crippen LogP) is 5.05. The molecule has 2 aliphatic heterocycles. The normalized spacial score (nSPS) is 21.8. The molecule has 1 aromatic carbocycles. The van der Waals surface area contributed by atoms with E-state index in [-0.39, 0.29) is 41.7 Å². The van der Waals surface area contributed by atoms with Crippen molar-refractivity contribution in [2.45, 2.75) is 30.0 Å². The zero-order valence-electron chi connectivity index (χ0n) is 18.1. The van der Waals surface area contributed by atoms with E-state index in [0.29, 0.717) is 12.1 Å². The van der Waals surface area contributed by atoms with Crippen LogP contribution in [-0.4, -0.2) is 52.8 Å². The second-order valence-electron chi connectivity index (χ2n) is 8.29. The van der Waals surface area contributed by atoms with Crippen molar-refractivity contribution >= 4 is 23.4 Å². The number of likely N-dealkylation sites (tertiary alicyclic amines) is 1. The summed E-state index contributed by atoms with van der Waals surface area (Å²) in [6, 6.07) is 5.42. The van der Waals surface area contributed by atoms with Crippen molar-refractivity contribution in [1.82, 2.24) is 9.88 Å². The van der Waals surface area contributed by atoms with Crippen LogP contribution >= 0.6 is 11.8 Å². The van der Waals surface area contributed by atoms with Crippen LogP contribution in [0.25, 0.3) is 0 Å². The third-order valence-electron chi connectivity index (χ3n) is 5.90. The first kappa shape index (κ1) is 25.3. The number of carbonyl (C=O) groups is 1. The maximum absolute atomic E-state index is 15.1. The molecule has 13 heteroatoms. The van der Waals surface area contributed by atoms with Gasteiger partial charge in [0.15, 0.2) is 5.67 Å². The van der Waals surface area contributed by atoms with Gasteiger partial charge in [-0.15, -0.1) is 0 Å². The zero-order chi connectivity index (χ0) is 25.6. The first-order chi connectivity index (χ1) is 16.3. The zero-order valence-corrected chi connectivity index (χ0v) is 18.9. The molecule has 5 nitrogen and oxygen atoms in total. The maximum Gasteiger partial charge on any atom is 0.435 e. The van der Waals surface area contributed by atoms with E-state index in [0.717, 1.165) is 18.3 Å². The van der Waals surface area contributed by atoms with Gasteiger partial charge >= 0.3 is 12.4 Å². The minimum Gasteiger partial charge on any atom is -0.374 e. The van der Waals surface area contributed by atoms with E-state index in [2.05, 4.69) is 10.1 Å².